The Morgan fingerprint density at radius 2 is 1.73 bits per heavy atom. The summed E-state index contributed by atoms with van der Waals surface area (Å²) in [6, 6.07) is 24.0. The topological polar surface area (TPSA) is 56.1 Å². The molecule has 0 aliphatic heterocycles. The van der Waals surface area contributed by atoms with Gasteiger partial charge in [-0.2, -0.15) is 0 Å². The molecule has 0 fully saturated rings. The largest absolute Gasteiger partial charge is 0.496 e. The van der Waals surface area contributed by atoms with Crippen molar-refractivity contribution < 1.29 is 9.53 Å². The van der Waals surface area contributed by atoms with E-state index in [0.29, 0.717) is 17.9 Å². The third-order valence-electron chi connectivity index (χ3n) is 5.70. The molecule has 3 aromatic carbocycles. The number of ether oxygens (including phenoxy) is 1. The number of hydrogen-bond donors (Lipinski definition) is 1. The molecule has 0 saturated heterocycles. The van der Waals surface area contributed by atoms with Crippen molar-refractivity contribution in [1.29, 1.82) is 0 Å². The van der Waals surface area contributed by atoms with Crippen LogP contribution in [0.4, 0.5) is 0 Å². The number of methoxy groups -OCH3 is 1. The van der Waals surface area contributed by atoms with Gasteiger partial charge in [0.15, 0.2) is 0 Å². The molecule has 0 bridgehead atoms. The van der Waals surface area contributed by atoms with Crippen LogP contribution in [0.5, 0.6) is 5.75 Å². The highest BCUT2D eigenvalue weighted by atomic mass is 79.9. The number of unbranched alkanes of at least 4 members (excludes halogenated alkanes) is 2. The second-order valence-electron chi connectivity index (χ2n) is 8.00. The molecule has 33 heavy (non-hydrogen) atoms. The molecule has 170 valence electrons. The van der Waals surface area contributed by atoms with Crippen molar-refractivity contribution in [2.75, 3.05) is 13.7 Å². The third-order valence-corrected chi connectivity index (χ3v) is 6.23. The molecule has 1 amide bonds. The summed E-state index contributed by atoms with van der Waals surface area (Å²) in [6.45, 7) is 1.45. The van der Waals surface area contributed by atoms with Crippen LogP contribution in [0.1, 0.15) is 41.0 Å². The molecule has 0 radical (unpaired) electrons. The Labute approximate surface area is 202 Å². The number of carbonyl (C=O) groups excluding carboxylic acids is 1. The average Bonchev–Trinajstić information content (AvgIpc) is 3.19. The van der Waals surface area contributed by atoms with Gasteiger partial charge in [-0.1, -0.05) is 58.7 Å². The SMILES string of the molecule is COc1ccccc1C(=O)NCCCCCc1nc2ccccc2n1Cc1ccc(Br)cc1. The number of fused-ring (bicyclic) bond motifs is 1. The van der Waals surface area contributed by atoms with Gasteiger partial charge >= 0.3 is 0 Å². The van der Waals surface area contributed by atoms with Crippen LogP contribution in [0.25, 0.3) is 11.0 Å². The summed E-state index contributed by atoms with van der Waals surface area (Å²) in [4.78, 5) is 17.3. The number of carbonyl (C=O) groups is 1. The van der Waals surface area contributed by atoms with Crippen molar-refractivity contribution in [3.05, 3.63) is 94.2 Å². The van der Waals surface area contributed by atoms with Gasteiger partial charge in [-0.3, -0.25) is 4.79 Å². The van der Waals surface area contributed by atoms with Gasteiger partial charge in [0.2, 0.25) is 0 Å². The molecule has 5 nitrogen and oxygen atoms in total. The fourth-order valence-electron chi connectivity index (χ4n) is 3.98. The molecule has 4 aromatic rings. The summed E-state index contributed by atoms with van der Waals surface area (Å²) < 4.78 is 8.68. The lowest BCUT2D eigenvalue weighted by Gasteiger charge is -2.10. The van der Waals surface area contributed by atoms with Crippen LogP contribution in [-0.4, -0.2) is 29.1 Å². The number of amides is 1. The van der Waals surface area contributed by atoms with E-state index < -0.39 is 0 Å². The minimum absolute atomic E-state index is 0.0938. The first-order chi connectivity index (χ1) is 16.2. The first kappa shape index (κ1) is 23.1. The molecular weight excluding hydrogens is 478 g/mol. The van der Waals surface area contributed by atoms with Gasteiger partial charge in [0.05, 0.1) is 23.7 Å². The van der Waals surface area contributed by atoms with E-state index in [-0.39, 0.29) is 5.91 Å². The van der Waals surface area contributed by atoms with Crippen molar-refractivity contribution in [2.45, 2.75) is 32.2 Å². The standard InChI is InChI=1S/C27H28BrN3O2/c1-33-25-12-7-4-9-22(25)27(32)29-18-8-2-3-13-26-30-23-10-5-6-11-24(23)31(26)19-20-14-16-21(28)17-15-20/h4-7,9-12,14-17H,2-3,8,13,18-19H2,1H3,(H,29,32). The minimum atomic E-state index is -0.0938. The van der Waals surface area contributed by atoms with Crippen molar-refractivity contribution in [3.8, 4) is 5.75 Å². The molecule has 0 unspecified atom stereocenters. The quantitative estimate of drug-likeness (QED) is 0.269. The molecule has 4 rings (SSSR count). The van der Waals surface area contributed by atoms with Crippen molar-refractivity contribution in [3.63, 3.8) is 0 Å². The first-order valence-corrected chi connectivity index (χ1v) is 12.0. The number of nitrogens with one attached hydrogen (secondary N) is 1. The maximum atomic E-state index is 12.4. The van der Waals surface area contributed by atoms with Crippen molar-refractivity contribution >= 4 is 32.9 Å². The van der Waals surface area contributed by atoms with E-state index in [1.54, 1.807) is 19.2 Å². The first-order valence-electron chi connectivity index (χ1n) is 11.3. The third kappa shape index (κ3) is 5.82. The van der Waals surface area contributed by atoms with Gasteiger partial charge in [0.25, 0.3) is 5.91 Å². The monoisotopic (exact) mass is 505 g/mol. The fourth-order valence-corrected chi connectivity index (χ4v) is 4.24. The van der Waals surface area contributed by atoms with Crippen LogP contribution in [0.2, 0.25) is 0 Å². The van der Waals surface area contributed by atoms with E-state index in [4.69, 9.17) is 9.72 Å². The molecule has 0 aliphatic rings. The number of benzene rings is 3. The lowest BCUT2D eigenvalue weighted by atomic mass is 10.1. The van der Waals surface area contributed by atoms with Gasteiger partial charge < -0.3 is 14.6 Å². The highest BCUT2D eigenvalue weighted by Crippen LogP contribution is 2.21. The van der Waals surface area contributed by atoms with Gasteiger partial charge in [0.1, 0.15) is 11.6 Å². The maximum Gasteiger partial charge on any atom is 0.255 e. The summed E-state index contributed by atoms with van der Waals surface area (Å²) in [5.41, 5.74) is 4.02. The number of hydrogen-bond acceptors (Lipinski definition) is 3. The molecule has 6 heteroatoms. The predicted molar refractivity (Wildman–Crippen MR) is 136 cm³/mol. The van der Waals surface area contributed by atoms with Gasteiger partial charge in [0, 0.05) is 24.0 Å². The van der Waals surface area contributed by atoms with Gasteiger partial charge in [-0.25, -0.2) is 4.98 Å². The van der Waals surface area contributed by atoms with E-state index >= 15 is 0 Å². The van der Waals surface area contributed by atoms with E-state index in [1.165, 1.54) is 11.1 Å². The Bertz CT molecular complexity index is 1220. The Hall–Kier alpha value is -3.12. The smallest absolute Gasteiger partial charge is 0.255 e. The van der Waals surface area contributed by atoms with Crippen molar-refractivity contribution in [2.24, 2.45) is 0 Å². The summed E-state index contributed by atoms with van der Waals surface area (Å²) in [7, 11) is 1.58. The lowest BCUT2D eigenvalue weighted by molar-refractivity contribution is 0.0950. The van der Waals surface area contributed by atoms with Gasteiger partial charge in [-0.15, -0.1) is 0 Å². The Kier molecular flexibility index (Phi) is 7.79. The molecular formula is C27H28BrN3O2. The number of nitrogens with zero attached hydrogens (tertiary/aromatic N) is 2. The summed E-state index contributed by atoms with van der Waals surface area (Å²) in [5.74, 6) is 1.61. The van der Waals surface area contributed by atoms with E-state index in [9.17, 15) is 4.79 Å². The zero-order valence-corrected chi connectivity index (χ0v) is 20.3. The average molecular weight is 506 g/mol. The second kappa shape index (κ2) is 11.1. The molecule has 0 aliphatic carbocycles. The van der Waals surface area contributed by atoms with Crippen LogP contribution < -0.4 is 10.1 Å². The second-order valence-corrected chi connectivity index (χ2v) is 8.91. The molecule has 0 saturated carbocycles. The Morgan fingerprint density at radius 1 is 0.970 bits per heavy atom. The molecule has 1 N–H and O–H groups in total. The Balaban J connectivity index is 1.32. The van der Waals surface area contributed by atoms with Crippen LogP contribution in [0, 0.1) is 0 Å². The summed E-state index contributed by atoms with van der Waals surface area (Å²) in [6.07, 6.45) is 3.88. The zero-order valence-electron chi connectivity index (χ0n) is 18.8. The summed E-state index contributed by atoms with van der Waals surface area (Å²) >= 11 is 3.51. The van der Waals surface area contributed by atoms with Crippen LogP contribution >= 0.6 is 15.9 Å². The van der Waals surface area contributed by atoms with E-state index in [0.717, 1.165) is 48.0 Å². The highest BCUT2D eigenvalue weighted by molar-refractivity contribution is 9.10. The number of aromatic nitrogens is 2. The maximum absolute atomic E-state index is 12.4. The predicted octanol–water partition coefficient (Wildman–Crippen LogP) is 6.00. The van der Waals surface area contributed by atoms with Crippen LogP contribution in [-0.2, 0) is 13.0 Å². The fraction of sp³-hybridized carbons (Fsp3) is 0.259. The number of rotatable bonds is 10. The molecule has 1 aromatic heterocycles. The van der Waals surface area contributed by atoms with E-state index in [2.05, 4.69) is 68.3 Å². The number of halogens is 1. The van der Waals surface area contributed by atoms with Crippen LogP contribution in [0.3, 0.4) is 0 Å². The van der Waals surface area contributed by atoms with Crippen LogP contribution in [0.15, 0.2) is 77.3 Å². The zero-order chi connectivity index (χ0) is 23.0. The number of imidazole rings is 1. The molecule has 1 heterocycles. The minimum Gasteiger partial charge on any atom is -0.496 e. The number of aryl methyl sites for hydroxylation is 1. The normalized spacial score (nSPS) is 11.0. The number of para-hydroxylation sites is 3. The summed E-state index contributed by atoms with van der Waals surface area (Å²) in [5, 5.41) is 3.00. The van der Waals surface area contributed by atoms with Gasteiger partial charge in [-0.05, 0) is 54.8 Å². The molecule has 0 atom stereocenters. The van der Waals surface area contributed by atoms with E-state index in [1.807, 2.05) is 18.2 Å². The highest BCUT2D eigenvalue weighted by Gasteiger charge is 2.12. The van der Waals surface area contributed by atoms with Crippen molar-refractivity contribution in [1.82, 2.24) is 14.9 Å². The lowest BCUT2D eigenvalue weighted by Crippen LogP contribution is -2.24. The Morgan fingerprint density at radius 3 is 2.55 bits per heavy atom. The molecule has 0 spiro atoms.